The third kappa shape index (κ3) is 2.34. The van der Waals surface area contributed by atoms with E-state index in [0.717, 1.165) is 37.9 Å². The number of rotatable bonds is 5. The largest absolute Gasteiger partial charge is 0.338 e. The Labute approximate surface area is 109 Å². The van der Waals surface area contributed by atoms with Crippen LogP contribution in [0.5, 0.6) is 0 Å². The highest BCUT2D eigenvalue weighted by molar-refractivity contribution is 5.35. The van der Waals surface area contributed by atoms with Crippen molar-refractivity contribution in [3.63, 3.8) is 0 Å². The molecule has 0 radical (unpaired) electrons. The van der Waals surface area contributed by atoms with Crippen molar-refractivity contribution in [3.05, 3.63) is 18.0 Å². The Morgan fingerprint density at radius 1 is 1.33 bits per heavy atom. The predicted octanol–water partition coefficient (Wildman–Crippen LogP) is 1.96. The molecule has 1 aliphatic carbocycles. The summed E-state index contributed by atoms with van der Waals surface area (Å²) < 4.78 is 0. The summed E-state index contributed by atoms with van der Waals surface area (Å²) in [5.41, 5.74) is 1.18. The topological polar surface area (TPSA) is 41.1 Å². The highest BCUT2D eigenvalue weighted by Crippen LogP contribution is 2.38. The molecule has 2 bridgehead atoms. The van der Waals surface area contributed by atoms with Crippen molar-refractivity contribution in [2.24, 2.45) is 5.92 Å². The maximum atomic E-state index is 4.53. The average Bonchev–Trinajstić information content (AvgIpc) is 3.02. The number of hydrogen-bond donors (Lipinski definition) is 1. The van der Waals surface area contributed by atoms with Crippen LogP contribution in [0.3, 0.4) is 0 Å². The molecule has 2 fully saturated rings. The molecule has 1 N–H and O–H groups in total. The first kappa shape index (κ1) is 11.9. The summed E-state index contributed by atoms with van der Waals surface area (Å²) in [5, 5.41) is 3.37. The van der Waals surface area contributed by atoms with Crippen molar-refractivity contribution in [1.82, 2.24) is 15.3 Å². The lowest BCUT2D eigenvalue weighted by Crippen LogP contribution is -2.33. The highest BCUT2D eigenvalue weighted by Gasteiger charge is 2.38. The van der Waals surface area contributed by atoms with Crippen LogP contribution in [-0.4, -0.2) is 29.1 Å². The zero-order valence-corrected chi connectivity index (χ0v) is 11.1. The van der Waals surface area contributed by atoms with Crippen molar-refractivity contribution in [2.45, 2.75) is 45.2 Å². The minimum atomic E-state index is 0.707. The molecule has 2 atom stereocenters. The number of nitrogens with zero attached hydrogens (tertiary/aromatic N) is 3. The van der Waals surface area contributed by atoms with Crippen LogP contribution in [0.15, 0.2) is 12.4 Å². The molecule has 4 heteroatoms. The molecule has 3 rings (SSSR count). The van der Waals surface area contributed by atoms with Gasteiger partial charge in [0.05, 0.1) is 0 Å². The normalized spacial score (nSPS) is 25.9. The van der Waals surface area contributed by atoms with Crippen molar-refractivity contribution in [2.75, 3.05) is 18.0 Å². The van der Waals surface area contributed by atoms with Gasteiger partial charge in [-0.15, -0.1) is 0 Å². The van der Waals surface area contributed by atoms with Gasteiger partial charge in [-0.3, -0.25) is 0 Å². The maximum absolute atomic E-state index is 4.53. The minimum absolute atomic E-state index is 0.707. The molecular weight excluding hydrogens is 224 g/mol. The number of aromatic nitrogens is 2. The number of fused-ring (bicyclic) bond motifs is 2. The molecule has 98 valence electrons. The second kappa shape index (κ2) is 5.22. The highest BCUT2D eigenvalue weighted by atomic mass is 15.3. The second-order valence-corrected chi connectivity index (χ2v) is 5.55. The maximum Gasteiger partial charge on any atom is 0.225 e. The second-order valence-electron chi connectivity index (χ2n) is 5.55. The standard InChI is InChI=1S/C14H22N4/c1-2-5-15-7-12-8-16-14(17-9-12)18-10-11-3-4-13(18)6-11/h8-9,11,13,15H,2-7,10H2,1H3. The van der Waals surface area contributed by atoms with Gasteiger partial charge in [-0.25, -0.2) is 9.97 Å². The molecule has 0 aromatic carbocycles. The molecule has 2 aliphatic rings. The van der Waals surface area contributed by atoms with Crippen molar-refractivity contribution in [1.29, 1.82) is 0 Å². The van der Waals surface area contributed by atoms with E-state index >= 15 is 0 Å². The fraction of sp³-hybridized carbons (Fsp3) is 0.714. The van der Waals surface area contributed by atoms with E-state index in [0.29, 0.717) is 6.04 Å². The molecule has 2 heterocycles. The lowest BCUT2D eigenvalue weighted by atomic mass is 10.1. The summed E-state index contributed by atoms with van der Waals surface area (Å²) in [7, 11) is 0. The number of nitrogens with one attached hydrogen (secondary N) is 1. The van der Waals surface area contributed by atoms with Crippen LogP contribution >= 0.6 is 0 Å². The average molecular weight is 246 g/mol. The Morgan fingerprint density at radius 2 is 2.17 bits per heavy atom. The molecule has 2 unspecified atom stereocenters. The van der Waals surface area contributed by atoms with Crippen LogP contribution in [-0.2, 0) is 6.54 Å². The molecule has 1 aromatic heterocycles. The Kier molecular flexibility index (Phi) is 3.46. The van der Waals surface area contributed by atoms with E-state index in [9.17, 15) is 0 Å². The smallest absolute Gasteiger partial charge is 0.225 e. The van der Waals surface area contributed by atoms with E-state index in [4.69, 9.17) is 0 Å². The van der Waals surface area contributed by atoms with E-state index in [1.54, 1.807) is 0 Å². The molecule has 0 amide bonds. The summed E-state index contributed by atoms with van der Waals surface area (Å²) in [6.07, 6.45) is 9.18. The fourth-order valence-corrected chi connectivity index (χ4v) is 3.17. The first-order valence-electron chi connectivity index (χ1n) is 7.15. The molecule has 1 aliphatic heterocycles. The zero-order chi connectivity index (χ0) is 12.4. The molecule has 4 nitrogen and oxygen atoms in total. The van der Waals surface area contributed by atoms with Gasteiger partial charge in [0.25, 0.3) is 0 Å². The number of piperidine rings is 1. The molecule has 0 spiro atoms. The van der Waals surface area contributed by atoms with Gasteiger partial charge in [0, 0.05) is 37.1 Å². The first-order chi connectivity index (χ1) is 8.86. The number of anilines is 1. The minimum Gasteiger partial charge on any atom is -0.338 e. The van der Waals surface area contributed by atoms with Gasteiger partial charge in [-0.1, -0.05) is 6.92 Å². The van der Waals surface area contributed by atoms with Gasteiger partial charge in [-0.05, 0) is 38.1 Å². The van der Waals surface area contributed by atoms with E-state index in [-0.39, 0.29) is 0 Å². The van der Waals surface area contributed by atoms with E-state index < -0.39 is 0 Å². The van der Waals surface area contributed by atoms with Crippen LogP contribution in [0.2, 0.25) is 0 Å². The van der Waals surface area contributed by atoms with Crippen LogP contribution in [0.4, 0.5) is 5.95 Å². The summed E-state index contributed by atoms with van der Waals surface area (Å²) in [4.78, 5) is 11.5. The van der Waals surface area contributed by atoms with E-state index in [1.807, 2.05) is 12.4 Å². The molecular formula is C14H22N4. The van der Waals surface area contributed by atoms with Crippen molar-refractivity contribution >= 4 is 5.95 Å². The van der Waals surface area contributed by atoms with Gasteiger partial charge in [0.2, 0.25) is 5.95 Å². The third-order valence-corrected chi connectivity index (χ3v) is 4.11. The lowest BCUT2D eigenvalue weighted by molar-refractivity contribution is 0.546. The first-order valence-corrected chi connectivity index (χ1v) is 7.15. The van der Waals surface area contributed by atoms with E-state index in [1.165, 1.54) is 24.8 Å². The van der Waals surface area contributed by atoms with Gasteiger partial charge in [0.1, 0.15) is 0 Å². The van der Waals surface area contributed by atoms with Gasteiger partial charge in [0.15, 0.2) is 0 Å². The van der Waals surface area contributed by atoms with Gasteiger partial charge in [-0.2, -0.15) is 0 Å². The monoisotopic (exact) mass is 246 g/mol. The SMILES string of the molecule is CCCNCc1cnc(N2CC3CCC2C3)nc1. The van der Waals surface area contributed by atoms with Crippen LogP contribution in [0.25, 0.3) is 0 Å². The molecule has 1 saturated carbocycles. The van der Waals surface area contributed by atoms with Gasteiger partial charge < -0.3 is 10.2 Å². The Morgan fingerprint density at radius 3 is 2.78 bits per heavy atom. The Hall–Kier alpha value is -1.16. The Bertz CT molecular complexity index is 389. The number of hydrogen-bond acceptors (Lipinski definition) is 4. The Balaban J connectivity index is 1.61. The fourth-order valence-electron chi connectivity index (χ4n) is 3.17. The van der Waals surface area contributed by atoms with Crippen LogP contribution in [0, 0.1) is 5.92 Å². The molecule has 18 heavy (non-hydrogen) atoms. The zero-order valence-electron chi connectivity index (χ0n) is 11.1. The summed E-state index contributed by atoms with van der Waals surface area (Å²) in [5.74, 6) is 1.82. The van der Waals surface area contributed by atoms with Crippen LogP contribution in [0.1, 0.15) is 38.2 Å². The lowest BCUT2D eigenvalue weighted by Gasteiger charge is -2.26. The third-order valence-electron chi connectivity index (χ3n) is 4.11. The van der Waals surface area contributed by atoms with Gasteiger partial charge >= 0.3 is 0 Å². The van der Waals surface area contributed by atoms with E-state index in [2.05, 4.69) is 27.1 Å². The summed E-state index contributed by atoms with van der Waals surface area (Å²) >= 11 is 0. The quantitative estimate of drug-likeness (QED) is 0.806. The predicted molar refractivity (Wildman–Crippen MR) is 72.5 cm³/mol. The summed E-state index contributed by atoms with van der Waals surface area (Å²) in [6, 6.07) is 0.707. The van der Waals surface area contributed by atoms with Crippen molar-refractivity contribution < 1.29 is 0 Å². The van der Waals surface area contributed by atoms with Crippen molar-refractivity contribution in [3.8, 4) is 0 Å². The molecule has 1 saturated heterocycles. The summed E-state index contributed by atoms with van der Waals surface area (Å²) in [6.45, 7) is 5.27. The van der Waals surface area contributed by atoms with Crippen LogP contribution < -0.4 is 10.2 Å². The molecule has 1 aromatic rings.